The number of tetrazole rings is 1. The predicted molar refractivity (Wildman–Crippen MR) is 106 cm³/mol. The van der Waals surface area contributed by atoms with Gasteiger partial charge < -0.3 is 4.90 Å². The number of aromatic nitrogens is 4. The van der Waals surface area contributed by atoms with Crippen molar-refractivity contribution in [3.05, 3.63) is 59.7 Å². The second-order valence-corrected chi connectivity index (χ2v) is 8.00. The predicted octanol–water partition coefficient (Wildman–Crippen LogP) is 3.43. The zero-order valence-electron chi connectivity index (χ0n) is 15.4. The van der Waals surface area contributed by atoms with E-state index >= 15 is 0 Å². The maximum atomic E-state index is 13.1. The smallest absolute Gasteiger partial charge is 0.240 e. The highest BCUT2D eigenvalue weighted by Gasteiger charge is 2.28. The van der Waals surface area contributed by atoms with E-state index in [2.05, 4.69) is 21.6 Å². The van der Waals surface area contributed by atoms with Crippen LogP contribution in [0.4, 0.5) is 5.69 Å². The van der Waals surface area contributed by atoms with E-state index in [9.17, 15) is 4.79 Å². The normalized spacial score (nSPS) is 14.7. The van der Waals surface area contributed by atoms with Gasteiger partial charge in [-0.1, -0.05) is 47.7 Å². The number of fused-ring (bicyclic) bond motifs is 1. The highest BCUT2D eigenvalue weighted by atomic mass is 32.2. The van der Waals surface area contributed by atoms with Crippen molar-refractivity contribution in [2.45, 2.75) is 37.1 Å². The van der Waals surface area contributed by atoms with Crippen molar-refractivity contribution in [3.63, 3.8) is 0 Å². The lowest BCUT2D eigenvalue weighted by Crippen LogP contribution is -2.40. The number of para-hydroxylation sites is 1. The number of rotatable bonds is 4. The van der Waals surface area contributed by atoms with Gasteiger partial charge in [0.2, 0.25) is 11.1 Å². The Morgan fingerprint density at radius 3 is 2.74 bits per heavy atom. The Balaban J connectivity index is 1.54. The number of amides is 1. The molecule has 1 amide bonds. The molecule has 138 valence electrons. The third-order valence-corrected chi connectivity index (χ3v) is 5.75. The van der Waals surface area contributed by atoms with E-state index in [4.69, 9.17) is 0 Å². The Hall–Kier alpha value is -2.67. The second kappa shape index (κ2) is 7.52. The molecule has 0 spiro atoms. The largest absolute Gasteiger partial charge is 0.311 e. The Morgan fingerprint density at radius 1 is 1.15 bits per heavy atom. The van der Waals surface area contributed by atoms with Crippen LogP contribution in [0.3, 0.4) is 0 Å². The van der Waals surface area contributed by atoms with Crippen LogP contribution in [0.2, 0.25) is 0 Å². The first-order chi connectivity index (χ1) is 13.1. The van der Waals surface area contributed by atoms with Crippen LogP contribution in [0.15, 0.2) is 53.7 Å². The van der Waals surface area contributed by atoms with Crippen molar-refractivity contribution in [3.8, 4) is 5.69 Å². The Morgan fingerprint density at radius 2 is 1.93 bits per heavy atom. The summed E-state index contributed by atoms with van der Waals surface area (Å²) in [5.74, 6) is 0.0885. The number of thioether (sulfide) groups is 1. The fourth-order valence-electron chi connectivity index (χ4n) is 3.29. The van der Waals surface area contributed by atoms with Crippen LogP contribution in [-0.4, -0.2) is 37.9 Å². The van der Waals surface area contributed by atoms with Crippen molar-refractivity contribution in [2.24, 2.45) is 0 Å². The third kappa shape index (κ3) is 3.60. The van der Waals surface area contributed by atoms with E-state index in [0.29, 0.717) is 5.16 Å². The SMILES string of the molecule is Cc1ccc(-n2nnnc2SC(C)C(=O)N2CCCc3ccccc32)cc1. The minimum absolute atomic E-state index is 0.0885. The number of benzene rings is 2. The Kier molecular flexibility index (Phi) is 4.94. The fraction of sp³-hybridized carbons (Fsp3) is 0.300. The first kappa shape index (κ1) is 17.7. The maximum Gasteiger partial charge on any atom is 0.240 e. The van der Waals surface area contributed by atoms with Gasteiger partial charge in [-0.2, -0.15) is 4.68 Å². The summed E-state index contributed by atoms with van der Waals surface area (Å²) in [6, 6.07) is 16.1. The van der Waals surface area contributed by atoms with Crippen LogP contribution in [0.1, 0.15) is 24.5 Å². The van der Waals surface area contributed by atoms with Crippen LogP contribution in [-0.2, 0) is 11.2 Å². The van der Waals surface area contributed by atoms with Crippen LogP contribution < -0.4 is 4.90 Å². The van der Waals surface area contributed by atoms with Gasteiger partial charge in [-0.05, 0) is 60.9 Å². The lowest BCUT2D eigenvalue weighted by Gasteiger charge is -2.31. The number of carbonyl (C=O) groups excluding carboxylic acids is 1. The number of aryl methyl sites for hydroxylation is 2. The lowest BCUT2D eigenvalue weighted by molar-refractivity contribution is -0.117. The molecule has 0 radical (unpaired) electrons. The number of hydrogen-bond acceptors (Lipinski definition) is 5. The number of hydrogen-bond donors (Lipinski definition) is 0. The molecule has 1 aliphatic rings. The molecule has 2 heterocycles. The molecule has 0 saturated heterocycles. The molecule has 0 saturated carbocycles. The van der Waals surface area contributed by atoms with E-state index in [-0.39, 0.29) is 11.2 Å². The second-order valence-electron chi connectivity index (χ2n) is 6.69. The van der Waals surface area contributed by atoms with E-state index < -0.39 is 0 Å². The zero-order chi connectivity index (χ0) is 18.8. The molecule has 0 aliphatic carbocycles. The summed E-state index contributed by atoms with van der Waals surface area (Å²) in [7, 11) is 0. The first-order valence-corrected chi connectivity index (χ1v) is 9.93. The molecule has 7 heteroatoms. The van der Waals surface area contributed by atoms with Gasteiger partial charge in [-0.3, -0.25) is 4.79 Å². The summed E-state index contributed by atoms with van der Waals surface area (Å²) in [6.45, 7) is 4.71. The summed E-state index contributed by atoms with van der Waals surface area (Å²) >= 11 is 1.39. The molecule has 27 heavy (non-hydrogen) atoms. The molecule has 3 aromatic rings. The molecule has 1 aromatic heterocycles. The van der Waals surface area contributed by atoms with Crippen molar-refractivity contribution in [2.75, 3.05) is 11.4 Å². The summed E-state index contributed by atoms with van der Waals surface area (Å²) in [4.78, 5) is 15.0. The monoisotopic (exact) mass is 379 g/mol. The molecule has 1 unspecified atom stereocenters. The Labute approximate surface area is 162 Å². The minimum atomic E-state index is -0.286. The molecule has 0 bridgehead atoms. The quantitative estimate of drug-likeness (QED) is 0.650. The first-order valence-electron chi connectivity index (χ1n) is 9.05. The molecule has 1 aliphatic heterocycles. The average molecular weight is 379 g/mol. The highest BCUT2D eigenvalue weighted by Crippen LogP contribution is 2.30. The standard InChI is InChI=1S/C20H21N5OS/c1-14-9-11-17(12-10-14)25-20(21-22-23-25)27-15(2)19(26)24-13-5-7-16-6-3-4-8-18(16)24/h3-4,6,8-12,15H,5,7,13H2,1-2H3. The van der Waals surface area contributed by atoms with Gasteiger partial charge in [0.25, 0.3) is 0 Å². The number of nitrogens with zero attached hydrogens (tertiary/aromatic N) is 5. The maximum absolute atomic E-state index is 13.1. The van der Waals surface area contributed by atoms with Gasteiger partial charge in [-0.15, -0.1) is 5.10 Å². The molecular weight excluding hydrogens is 358 g/mol. The van der Waals surface area contributed by atoms with Gasteiger partial charge in [0.1, 0.15) is 0 Å². The van der Waals surface area contributed by atoms with Crippen LogP contribution in [0.5, 0.6) is 0 Å². The molecule has 4 rings (SSSR count). The van der Waals surface area contributed by atoms with E-state index in [1.54, 1.807) is 4.68 Å². The van der Waals surface area contributed by atoms with Gasteiger partial charge in [0, 0.05) is 12.2 Å². The zero-order valence-corrected chi connectivity index (χ0v) is 16.2. The van der Waals surface area contributed by atoms with E-state index in [0.717, 1.165) is 30.8 Å². The van der Waals surface area contributed by atoms with E-state index in [1.807, 2.05) is 61.2 Å². The molecule has 0 N–H and O–H groups in total. The molecule has 6 nitrogen and oxygen atoms in total. The van der Waals surface area contributed by atoms with Gasteiger partial charge in [0.05, 0.1) is 10.9 Å². The molecule has 0 fully saturated rings. The molecular formula is C20H21N5OS. The third-order valence-electron chi connectivity index (χ3n) is 4.73. The summed E-state index contributed by atoms with van der Waals surface area (Å²) in [5.41, 5.74) is 4.32. The average Bonchev–Trinajstić information content (AvgIpc) is 3.15. The fourth-order valence-corrected chi connectivity index (χ4v) is 4.16. The van der Waals surface area contributed by atoms with Crippen molar-refractivity contribution in [1.82, 2.24) is 20.2 Å². The number of anilines is 1. The van der Waals surface area contributed by atoms with Gasteiger partial charge >= 0.3 is 0 Å². The molecule has 2 aromatic carbocycles. The summed E-state index contributed by atoms with van der Waals surface area (Å²) in [5, 5.41) is 12.3. The van der Waals surface area contributed by atoms with Crippen molar-refractivity contribution < 1.29 is 4.79 Å². The topological polar surface area (TPSA) is 63.9 Å². The van der Waals surface area contributed by atoms with Crippen LogP contribution >= 0.6 is 11.8 Å². The molecule has 1 atom stereocenters. The van der Waals surface area contributed by atoms with Gasteiger partial charge in [0.15, 0.2) is 0 Å². The van der Waals surface area contributed by atoms with E-state index in [1.165, 1.54) is 22.9 Å². The minimum Gasteiger partial charge on any atom is -0.311 e. The summed E-state index contributed by atoms with van der Waals surface area (Å²) < 4.78 is 1.68. The Bertz CT molecular complexity index is 953. The van der Waals surface area contributed by atoms with Crippen molar-refractivity contribution in [1.29, 1.82) is 0 Å². The van der Waals surface area contributed by atoms with Crippen LogP contribution in [0.25, 0.3) is 5.69 Å². The number of carbonyl (C=O) groups is 1. The highest BCUT2D eigenvalue weighted by molar-refractivity contribution is 8.00. The van der Waals surface area contributed by atoms with Crippen molar-refractivity contribution >= 4 is 23.4 Å². The van der Waals surface area contributed by atoms with Gasteiger partial charge in [-0.25, -0.2) is 0 Å². The summed E-state index contributed by atoms with van der Waals surface area (Å²) in [6.07, 6.45) is 2.01. The van der Waals surface area contributed by atoms with Crippen LogP contribution in [0, 0.1) is 6.92 Å². The lowest BCUT2D eigenvalue weighted by atomic mass is 10.0.